The summed E-state index contributed by atoms with van der Waals surface area (Å²) in [5.74, 6) is -0.0961. The maximum Gasteiger partial charge on any atom is 0.252 e. The van der Waals surface area contributed by atoms with Crippen LogP contribution in [0.1, 0.15) is 44.0 Å². The topological polar surface area (TPSA) is 71.1 Å². The van der Waals surface area contributed by atoms with Crippen LogP contribution < -0.4 is 10.6 Å². The Balaban J connectivity index is 1.87. The molecule has 1 heterocycles. The fraction of sp³-hybridized carbons (Fsp3) is 0.421. The third kappa shape index (κ3) is 4.51. The highest BCUT2D eigenvalue weighted by atomic mass is 32.2. The SMILES string of the molecule is CC(C)NC(=O)C(C)Sc1cc(C(=O)NC2CC2)c2ccccc2n1. The highest BCUT2D eigenvalue weighted by molar-refractivity contribution is 8.00. The molecule has 0 radical (unpaired) electrons. The molecule has 1 aromatic carbocycles. The van der Waals surface area contributed by atoms with E-state index in [1.807, 2.05) is 45.0 Å². The average molecular weight is 357 g/mol. The van der Waals surface area contributed by atoms with E-state index >= 15 is 0 Å². The zero-order valence-corrected chi connectivity index (χ0v) is 15.5. The van der Waals surface area contributed by atoms with Gasteiger partial charge in [-0.05, 0) is 45.7 Å². The van der Waals surface area contributed by atoms with Gasteiger partial charge in [-0.2, -0.15) is 0 Å². The van der Waals surface area contributed by atoms with Crippen molar-refractivity contribution in [2.75, 3.05) is 0 Å². The molecule has 1 aliphatic carbocycles. The quantitative estimate of drug-likeness (QED) is 0.779. The fourth-order valence-electron chi connectivity index (χ4n) is 2.53. The maximum atomic E-state index is 12.6. The van der Waals surface area contributed by atoms with E-state index < -0.39 is 0 Å². The number of fused-ring (bicyclic) bond motifs is 1. The Morgan fingerprint density at radius 1 is 1.20 bits per heavy atom. The van der Waals surface area contributed by atoms with Crippen LogP contribution in [-0.4, -0.2) is 34.1 Å². The van der Waals surface area contributed by atoms with Crippen molar-refractivity contribution >= 4 is 34.5 Å². The van der Waals surface area contributed by atoms with Gasteiger partial charge in [-0.15, -0.1) is 0 Å². The van der Waals surface area contributed by atoms with Gasteiger partial charge in [0.05, 0.1) is 21.4 Å². The predicted octanol–water partition coefficient (Wildman–Crippen LogP) is 3.13. The lowest BCUT2D eigenvalue weighted by Crippen LogP contribution is -2.35. The zero-order chi connectivity index (χ0) is 18.0. The number of hydrogen-bond acceptors (Lipinski definition) is 4. The molecule has 25 heavy (non-hydrogen) atoms. The molecular weight excluding hydrogens is 334 g/mol. The molecule has 2 amide bonds. The van der Waals surface area contributed by atoms with Gasteiger partial charge in [0.25, 0.3) is 5.91 Å². The summed E-state index contributed by atoms with van der Waals surface area (Å²) >= 11 is 1.37. The number of benzene rings is 1. The van der Waals surface area contributed by atoms with E-state index in [0.29, 0.717) is 16.6 Å². The van der Waals surface area contributed by atoms with Crippen molar-refractivity contribution in [2.24, 2.45) is 0 Å². The summed E-state index contributed by atoms with van der Waals surface area (Å²) < 4.78 is 0. The Kier molecular flexibility index (Phi) is 5.27. The Hall–Kier alpha value is -2.08. The number of hydrogen-bond donors (Lipinski definition) is 2. The van der Waals surface area contributed by atoms with Crippen LogP contribution in [0.4, 0.5) is 0 Å². The summed E-state index contributed by atoms with van der Waals surface area (Å²) in [5.41, 5.74) is 1.39. The molecule has 2 aromatic rings. The molecule has 0 saturated heterocycles. The smallest absolute Gasteiger partial charge is 0.252 e. The van der Waals surface area contributed by atoms with E-state index in [2.05, 4.69) is 15.6 Å². The van der Waals surface area contributed by atoms with Crippen LogP contribution in [0.25, 0.3) is 10.9 Å². The number of thioether (sulfide) groups is 1. The van der Waals surface area contributed by atoms with Gasteiger partial charge in [0.1, 0.15) is 0 Å². The van der Waals surface area contributed by atoms with Gasteiger partial charge in [0, 0.05) is 17.5 Å². The molecule has 0 spiro atoms. The fourth-order valence-corrected chi connectivity index (χ4v) is 3.40. The van der Waals surface area contributed by atoms with E-state index in [4.69, 9.17) is 0 Å². The molecule has 0 aliphatic heterocycles. The number of carbonyl (C=O) groups is 2. The number of rotatable bonds is 6. The van der Waals surface area contributed by atoms with Gasteiger partial charge in [-0.1, -0.05) is 30.0 Å². The molecule has 3 rings (SSSR count). The second-order valence-electron chi connectivity index (χ2n) is 6.70. The second kappa shape index (κ2) is 7.44. The first-order valence-corrected chi connectivity index (χ1v) is 9.49. The summed E-state index contributed by atoms with van der Waals surface area (Å²) in [4.78, 5) is 29.4. The summed E-state index contributed by atoms with van der Waals surface area (Å²) in [5, 5.41) is 7.18. The van der Waals surface area contributed by atoms with Crippen molar-refractivity contribution in [3.63, 3.8) is 0 Å². The third-order valence-electron chi connectivity index (χ3n) is 3.95. The lowest BCUT2D eigenvalue weighted by molar-refractivity contribution is -0.120. The van der Waals surface area contributed by atoms with Crippen LogP contribution in [0.3, 0.4) is 0 Å². The number of nitrogens with one attached hydrogen (secondary N) is 2. The molecule has 1 unspecified atom stereocenters. The van der Waals surface area contributed by atoms with E-state index in [9.17, 15) is 9.59 Å². The minimum Gasteiger partial charge on any atom is -0.353 e. The predicted molar refractivity (Wildman–Crippen MR) is 101 cm³/mol. The van der Waals surface area contributed by atoms with Crippen molar-refractivity contribution in [2.45, 2.75) is 56.0 Å². The number of carbonyl (C=O) groups excluding carboxylic acids is 2. The second-order valence-corrected chi connectivity index (χ2v) is 8.06. The standard InChI is InChI=1S/C19H23N3O2S/c1-11(2)20-18(23)12(3)25-17-10-15(19(24)21-13-8-9-13)14-6-4-5-7-16(14)22-17/h4-7,10-13H,8-9H2,1-3H3,(H,20,23)(H,21,24). The number of pyridine rings is 1. The molecule has 6 heteroatoms. The highest BCUT2D eigenvalue weighted by Gasteiger charge is 2.25. The number of amides is 2. The number of nitrogens with zero attached hydrogens (tertiary/aromatic N) is 1. The summed E-state index contributed by atoms with van der Waals surface area (Å²) in [6.45, 7) is 5.72. The summed E-state index contributed by atoms with van der Waals surface area (Å²) in [6.07, 6.45) is 2.09. The molecule has 1 atom stereocenters. The molecule has 5 nitrogen and oxygen atoms in total. The van der Waals surface area contributed by atoms with Crippen LogP contribution >= 0.6 is 11.8 Å². The van der Waals surface area contributed by atoms with E-state index in [-0.39, 0.29) is 23.1 Å². The van der Waals surface area contributed by atoms with Crippen LogP contribution in [0, 0.1) is 0 Å². The Labute approximate surface area is 152 Å². The Bertz CT molecular complexity index is 802. The minimum atomic E-state index is -0.282. The van der Waals surface area contributed by atoms with E-state index in [1.165, 1.54) is 11.8 Å². The number of aromatic nitrogens is 1. The normalized spacial score (nSPS) is 15.2. The van der Waals surface area contributed by atoms with Crippen molar-refractivity contribution in [1.29, 1.82) is 0 Å². The van der Waals surface area contributed by atoms with Crippen LogP contribution in [0.15, 0.2) is 35.4 Å². The molecule has 0 bridgehead atoms. The highest BCUT2D eigenvalue weighted by Crippen LogP contribution is 2.28. The van der Waals surface area contributed by atoms with Gasteiger partial charge in [-0.25, -0.2) is 4.98 Å². The summed E-state index contributed by atoms with van der Waals surface area (Å²) in [6, 6.07) is 9.81. The molecule has 1 fully saturated rings. The molecule has 1 saturated carbocycles. The first kappa shape index (κ1) is 17.7. The molecular formula is C19H23N3O2S. The molecule has 1 aliphatic rings. The third-order valence-corrected chi connectivity index (χ3v) is 4.97. The van der Waals surface area contributed by atoms with Crippen molar-refractivity contribution in [3.05, 3.63) is 35.9 Å². The van der Waals surface area contributed by atoms with E-state index in [1.54, 1.807) is 6.07 Å². The van der Waals surface area contributed by atoms with E-state index in [0.717, 1.165) is 23.7 Å². The lowest BCUT2D eigenvalue weighted by Gasteiger charge is -2.15. The van der Waals surface area contributed by atoms with Crippen LogP contribution in [0.2, 0.25) is 0 Å². The molecule has 2 N–H and O–H groups in total. The monoisotopic (exact) mass is 357 g/mol. The van der Waals surface area contributed by atoms with Crippen molar-refractivity contribution < 1.29 is 9.59 Å². The first-order chi connectivity index (χ1) is 11.9. The van der Waals surface area contributed by atoms with Crippen molar-refractivity contribution in [1.82, 2.24) is 15.6 Å². The van der Waals surface area contributed by atoms with Crippen LogP contribution in [0.5, 0.6) is 0 Å². The summed E-state index contributed by atoms with van der Waals surface area (Å²) in [7, 11) is 0. The minimum absolute atomic E-state index is 0.0288. The zero-order valence-electron chi connectivity index (χ0n) is 14.7. The molecule has 132 valence electrons. The Morgan fingerprint density at radius 3 is 2.60 bits per heavy atom. The van der Waals surface area contributed by atoms with Gasteiger partial charge in [0.2, 0.25) is 5.91 Å². The maximum absolute atomic E-state index is 12.6. The Morgan fingerprint density at radius 2 is 1.92 bits per heavy atom. The van der Waals surface area contributed by atoms with Crippen molar-refractivity contribution in [3.8, 4) is 0 Å². The largest absolute Gasteiger partial charge is 0.353 e. The van der Waals surface area contributed by atoms with Gasteiger partial charge >= 0.3 is 0 Å². The van der Waals surface area contributed by atoms with Gasteiger partial charge in [-0.3, -0.25) is 9.59 Å². The lowest BCUT2D eigenvalue weighted by atomic mass is 10.1. The van der Waals surface area contributed by atoms with Crippen LogP contribution in [-0.2, 0) is 4.79 Å². The van der Waals surface area contributed by atoms with Gasteiger partial charge < -0.3 is 10.6 Å². The number of para-hydroxylation sites is 1. The average Bonchev–Trinajstić information content (AvgIpc) is 3.37. The molecule has 1 aromatic heterocycles. The first-order valence-electron chi connectivity index (χ1n) is 8.61. The van der Waals surface area contributed by atoms with Gasteiger partial charge in [0.15, 0.2) is 0 Å².